The van der Waals surface area contributed by atoms with E-state index in [-0.39, 0.29) is 16.9 Å². The van der Waals surface area contributed by atoms with Gasteiger partial charge in [-0.15, -0.1) is 0 Å². The van der Waals surface area contributed by atoms with Gasteiger partial charge in [-0.1, -0.05) is 41.5 Å². The van der Waals surface area contributed by atoms with Gasteiger partial charge in [0.25, 0.3) is 0 Å². The van der Waals surface area contributed by atoms with Crippen molar-refractivity contribution in [1.29, 1.82) is 0 Å². The smallest absolute Gasteiger partial charge is 0.246 e. The average molecular weight is 199 g/mol. The minimum absolute atomic E-state index is 0.223. The lowest BCUT2D eigenvalue weighted by molar-refractivity contribution is -0.0194. The fraction of sp³-hybridized carbons (Fsp3) is 1.00. The third kappa shape index (κ3) is 3.10. The van der Waals surface area contributed by atoms with Crippen LogP contribution in [-0.2, 0) is 4.43 Å². The summed E-state index contributed by atoms with van der Waals surface area (Å²) >= 11 is 0. The maximum absolute atomic E-state index is 5.47. The van der Waals surface area contributed by atoms with E-state index < -0.39 is 0 Å². The molecule has 0 aliphatic heterocycles. The van der Waals surface area contributed by atoms with E-state index in [2.05, 4.69) is 52.0 Å². The summed E-state index contributed by atoms with van der Waals surface area (Å²) in [5.74, 6) is 0. The molecule has 1 nitrogen and oxygen atoms in total. The highest BCUT2D eigenvalue weighted by Gasteiger charge is 2.38. The van der Waals surface area contributed by atoms with Crippen molar-refractivity contribution in [3.8, 4) is 0 Å². The lowest BCUT2D eigenvalue weighted by atomic mass is 9.69. The standard InChI is InChI=1S/C11H23OSi/c1-7-10(3,4)9(12-13)11(5,6)8-2/h9H,7-8H2,1-6H3. The van der Waals surface area contributed by atoms with Crippen LogP contribution in [0.5, 0.6) is 0 Å². The molecule has 0 amide bonds. The van der Waals surface area contributed by atoms with Gasteiger partial charge in [-0.25, -0.2) is 0 Å². The molecule has 0 bridgehead atoms. The predicted molar refractivity (Wildman–Crippen MR) is 58.8 cm³/mol. The van der Waals surface area contributed by atoms with Crippen LogP contribution in [0.1, 0.15) is 54.4 Å². The van der Waals surface area contributed by atoms with Gasteiger partial charge in [-0.05, 0) is 23.7 Å². The molecule has 0 rings (SSSR count). The normalized spacial score (nSPS) is 13.8. The van der Waals surface area contributed by atoms with E-state index in [1.165, 1.54) is 0 Å². The Morgan fingerprint density at radius 1 is 1.00 bits per heavy atom. The Hall–Kier alpha value is 0.177. The molecule has 0 aliphatic carbocycles. The Bertz CT molecular complexity index is 136. The highest BCUT2D eigenvalue weighted by molar-refractivity contribution is 5.98. The summed E-state index contributed by atoms with van der Waals surface area (Å²) in [5.41, 5.74) is 0.447. The van der Waals surface area contributed by atoms with Crippen molar-refractivity contribution in [1.82, 2.24) is 0 Å². The SMILES string of the molecule is CCC(C)(C)C(O[Si])C(C)(C)CC. The molecule has 0 spiro atoms. The van der Waals surface area contributed by atoms with Crippen LogP contribution in [0.4, 0.5) is 0 Å². The summed E-state index contributed by atoms with van der Waals surface area (Å²) in [5, 5.41) is 0. The molecule has 0 aromatic heterocycles. The van der Waals surface area contributed by atoms with Crippen molar-refractivity contribution < 1.29 is 4.43 Å². The van der Waals surface area contributed by atoms with E-state index in [1.807, 2.05) is 0 Å². The highest BCUT2D eigenvalue weighted by Crippen LogP contribution is 2.40. The molecule has 13 heavy (non-hydrogen) atoms. The Morgan fingerprint density at radius 2 is 1.31 bits per heavy atom. The van der Waals surface area contributed by atoms with Crippen LogP contribution < -0.4 is 0 Å². The lowest BCUT2D eigenvalue weighted by Gasteiger charge is -2.43. The van der Waals surface area contributed by atoms with Crippen LogP contribution in [0.3, 0.4) is 0 Å². The molecule has 0 aromatic carbocycles. The van der Waals surface area contributed by atoms with Crippen molar-refractivity contribution in [2.45, 2.75) is 60.5 Å². The molecule has 0 saturated carbocycles. The van der Waals surface area contributed by atoms with E-state index in [0.717, 1.165) is 12.8 Å². The first kappa shape index (κ1) is 13.2. The quantitative estimate of drug-likeness (QED) is 0.617. The molecule has 77 valence electrons. The first-order valence-corrected chi connectivity index (χ1v) is 5.55. The zero-order valence-corrected chi connectivity index (χ0v) is 10.9. The zero-order valence-electron chi connectivity index (χ0n) is 9.90. The number of hydrogen-bond donors (Lipinski definition) is 0. The van der Waals surface area contributed by atoms with Gasteiger partial charge < -0.3 is 4.43 Å². The van der Waals surface area contributed by atoms with E-state index in [4.69, 9.17) is 4.43 Å². The minimum Gasteiger partial charge on any atom is -0.415 e. The largest absolute Gasteiger partial charge is 0.415 e. The summed E-state index contributed by atoms with van der Waals surface area (Å²) in [6.45, 7) is 13.5. The molecule has 0 aromatic rings. The van der Waals surface area contributed by atoms with Gasteiger partial charge in [0, 0.05) is 0 Å². The molecule has 0 heterocycles. The number of rotatable bonds is 5. The van der Waals surface area contributed by atoms with Crippen LogP contribution in [0, 0.1) is 10.8 Å². The second-order valence-corrected chi connectivity index (χ2v) is 5.42. The van der Waals surface area contributed by atoms with Crippen molar-refractivity contribution in [3.63, 3.8) is 0 Å². The summed E-state index contributed by atoms with van der Waals surface area (Å²) in [6, 6.07) is 0. The topological polar surface area (TPSA) is 9.23 Å². The van der Waals surface area contributed by atoms with Crippen LogP contribution in [0.15, 0.2) is 0 Å². The molecule has 0 unspecified atom stereocenters. The average Bonchev–Trinajstić information content (AvgIpc) is 2.05. The molecular weight excluding hydrogens is 176 g/mol. The van der Waals surface area contributed by atoms with Gasteiger partial charge in [-0.2, -0.15) is 0 Å². The van der Waals surface area contributed by atoms with Crippen LogP contribution in [-0.4, -0.2) is 16.6 Å². The maximum Gasteiger partial charge on any atom is 0.246 e. The molecule has 0 fully saturated rings. The molecule has 0 aliphatic rings. The molecular formula is C11H23OSi. The first-order valence-electron chi connectivity index (χ1n) is 5.14. The van der Waals surface area contributed by atoms with E-state index in [9.17, 15) is 0 Å². The molecule has 0 N–H and O–H groups in total. The summed E-state index contributed by atoms with van der Waals surface area (Å²) in [6.07, 6.45) is 2.52. The Kier molecular flexibility index (Phi) is 4.67. The first-order chi connectivity index (χ1) is 5.81. The van der Waals surface area contributed by atoms with E-state index >= 15 is 0 Å². The molecule has 0 saturated heterocycles. The number of hydrogen-bond acceptors (Lipinski definition) is 1. The van der Waals surface area contributed by atoms with Gasteiger partial charge in [0.2, 0.25) is 10.5 Å². The monoisotopic (exact) mass is 199 g/mol. The van der Waals surface area contributed by atoms with Crippen molar-refractivity contribution in [2.75, 3.05) is 0 Å². The lowest BCUT2D eigenvalue weighted by Crippen LogP contribution is -2.42. The van der Waals surface area contributed by atoms with Gasteiger partial charge in [-0.3, -0.25) is 0 Å². The second-order valence-electron chi connectivity index (χ2n) is 5.18. The van der Waals surface area contributed by atoms with E-state index in [1.54, 1.807) is 0 Å². The van der Waals surface area contributed by atoms with Crippen LogP contribution in [0.25, 0.3) is 0 Å². The summed E-state index contributed by atoms with van der Waals surface area (Å²) < 4.78 is 5.47. The van der Waals surface area contributed by atoms with Gasteiger partial charge in [0.1, 0.15) is 0 Å². The van der Waals surface area contributed by atoms with E-state index in [0.29, 0.717) is 0 Å². The molecule has 2 heteroatoms. The third-order valence-corrected chi connectivity index (χ3v) is 3.60. The van der Waals surface area contributed by atoms with Gasteiger partial charge >= 0.3 is 0 Å². The van der Waals surface area contributed by atoms with Crippen LogP contribution in [0.2, 0.25) is 0 Å². The van der Waals surface area contributed by atoms with Gasteiger partial charge in [0.15, 0.2) is 0 Å². The molecule has 3 radical (unpaired) electrons. The summed E-state index contributed by atoms with van der Waals surface area (Å²) in [7, 11) is 3.22. The van der Waals surface area contributed by atoms with Gasteiger partial charge in [0.05, 0.1) is 6.10 Å². The second kappa shape index (κ2) is 4.60. The van der Waals surface area contributed by atoms with Crippen molar-refractivity contribution in [3.05, 3.63) is 0 Å². The van der Waals surface area contributed by atoms with Crippen molar-refractivity contribution >= 4 is 10.5 Å². The summed E-state index contributed by atoms with van der Waals surface area (Å²) in [4.78, 5) is 0. The highest BCUT2D eigenvalue weighted by atomic mass is 28.2. The Morgan fingerprint density at radius 3 is 1.46 bits per heavy atom. The van der Waals surface area contributed by atoms with Crippen LogP contribution >= 0.6 is 0 Å². The zero-order chi connectivity index (χ0) is 10.7. The fourth-order valence-corrected chi connectivity index (χ4v) is 2.39. The molecule has 0 atom stereocenters. The third-order valence-electron chi connectivity index (χ3n) is 3.36. The Labute approximate surface area is 86.8 Å². The minimum atomic E-state index is 0.223. The Balaban J connectivity index is 4.69. The van der Waals surface area contributed by atoms with Crippen molar-refractivity contribution in [2.24, 2.45) is 10.8 Å². The maximum atomic E-state index is 5.47. The predicted octanol–water partition coefficient (Wildman–Crippen LogP) is 3.33. The fourth-order valence-electron chi connectivity index (χ4n) is 1.75.